The Morgan fingerprint density at radius 3 is 2.82 bits per heavy atom. The molecule has 0 saturated carbocycles. The maximum absolute atomic E-state index is 11.4. The Morgan fingerprint density at radius 2 is 2.24 bits per heavy atom. The summed E-state index contributed by atoms with van der Waals surface area (Å²) in [5.74, 6) is -1.06. The van der Waals surface area contributed by atoms with Crippen molar-refractivity contribution < 1.29 is 19.1 Å². The van der Waals surface area contributed by atoms with E-state index in [-0.39, 0.29) is 41.4 Å². The fraction of sp³-hybridized carbons (Fsp3) is 0.444. The first-order valence-electron chi connectivity index (χ1n) is 4.94. The van der Waals surface area contributed by atoms with Crippen molar-refractivity contribution in [2.24, 2.45) is 0 Å². The van der Waals surface area contributed by atoms with Crippen molar-refractivity contribution in [2.75, 3.05) is 18.1 Å². The van der Waals surface area contributed by atoms with Crippen molar-refractivity contribution in [3.8, 4) is 0 Å². The number of amides is 1. The van der Waals surface area contributed by atoms with Crippen molar-refractivity contribution in [1.82, 2.24) is 10.2 Å². The van der Waals surface area contributed by atoms with E-state index >= 15 is 0 Å². The second kappa shape index (κ2) is 4.58. The first-order valence-corrected chi connectivity index (χ1v) is 5.76. The highest BCUT2D eigenvalue weighted by atomic mass is 32.1. The number of Topliss-reactive ketones (excluding diaryl/α,β-unsaturated/α-hetero) is 1. The Morgan fingerprint density at radius 1 is 1.47 bits per heavy atom. The summed E-state index contributed by atoms with van der Waals surface area (Å²) in [7, 11) is 0. The molecule has 0 radical (unpaired) electrons. The van der Waals surface area contributed by atoms with Gasteiger partial charge in [-0.2, -0.15) is 0 Å². The van der Waals surface area contributed by atoms with E-state index in [9.17, 15) is 14.4 Å². The number of rotatable bonds is 3. The smallest absolute Gasteiger partial charge is 0.369 e. The topological polar surface area (TPSA) is 89.5 Å². The lowest BCUT2D eigenvalue weighted by molar-refractivity contribution is -0.121. The summed E-state index contributed by atoms with van der Waals surface area (Å²) in [5, 5.41) is 7.67. The Balaban J connectivity index is 2.16. The molecule has 8 heteroatoms. The van der Waals surface area contributed by atoms with Crippen LogP contribution in [0.2, 0.25) is 0 Å². The molecule has 0 unspecified atom stereocenters. The van der Waals surface area contributed by atoms with E-state index in [0.29, 0.717) is 0 Å². The van der Waals surface area contributed by atoms with E-state index in [2.05, 4.69) is 10.2 Å². The van der Waals surface area contributed by atoms with Gasteiger partial charge in [0.05, 0.1) is 19.6 Å². The third kappa shape index (κ3) is 2.31. The van der Waals surface area contributed by atoms with Crippen molar-refractivity contribution in [3.05, 3.63) is 5.01 Å². The minimum absolute atomic E-state index is 0.00368. The van der Waals surface area contributed by atoms with Gasteiger partial charge in [-0.05, 0) is 6.92 Å². The van der Waals surface area contributed by atoms with Crippen LogP contribution in [0.1, 0.15) is 23.1 Å². The van der Waals surface area contributed by atoms with E-state index < -0.39 is 5.97 Å². The minimum atomic E-state index is -0.575. The molecule has 0 aliphatic carbocycles. The van der Waals surface area contributed by atoms with Crippen LogP contribution in [-0.4, -0.2) is 41.0 Å². The summed E-state index contributed by atoms with van der Waals surface area (Å²) in [5.41, 5.74) is 0. The van der Waals surface area contributed by atoms with Crippen LogP contribution in [0.15, 0.2) is 0 Å². The number of carbonyl (C=O) groups excluding carboxylic acids is 3. The number of esters is 1. The van der Waals surface area contributed by atoms with Gasteiger partial charge in [-0.25, -0.2) is 4.79 Å². The summed E-state index contributed by atoms with van der Waals surface area (Å²) >= 11 is 0.940. The monoisotopic (exact) mass is 255 g/mol. The number of ether oxygens (including phenoxy) is 1. The summed E-state index contributed by atoms with van der Waals surface area (Å²) in [4.78, 5) is 35.1. The van der Waals surface area contributed by atoms with Crippen molar-refractivity contribution >= 4 is 34.1 Å². The van der Waals surface area contributed by atoms with Crippen LogP contribution in [0.5, 0.6) is 0 Å². The lowest BCUT2D eigenvalue weighted by Gasteiger charge is -2.07. The highest BCUT2D eigenvalue weighted by molar-refractivity contribution is 7.17. The molecule has 1 aliphatic heterocycles. The second-order valence-corrected chi connectivity index (χ2v) is 4.26. The van der Waals surface area contributed by atoms with Crippen LogP contribution in [0.3, 0.4) is 0 Å². The third-order valence-electron chi connectivity index (χ3n) is 2.08. The largest absolute Gasteiger partial charge is 0.461 e. The minimum Gasteiger partial charge on any atom is -0.461 e. The number of hydrogen-bond acceptors (Lipinski definition) is 7. The van der Waals surface area contributed by atoms with Gasteiger partial charge in [-0.15, -0.1) is 10.2 Å². The summed E-state index contributed by atoms with van der Waals surface area (Å²) in [6, 6.07) is 0. The molecule has 90 valence electrons. The zero-order chi connectivity index (χ0) is 12.4. The molecule has 0 atom stereocenters. The van der Waals surface area contributed by atoms with Gasteiger partial charge >= 0.3 is 5.97 Å². The maximum atomic E-state index is 11.4. The van der Waals surface area contributed by atoms with Crippen molar-refractivity contribution in [2.45, 2.75) is 13.3 Å². The van der Waals surface area contributed by atoms with Crippen LogP contribution in [0.25, 0.3) is 0 Å². The molecule has 17 heavy (non-hydrogen) atoms. The van der Waals surface area contributed by atoms with Crippen LogP contribution in [0.4, 0.5) is 5.13 Å². The molecule has 1 aromatic rings. The van der Waals surface area contributed by atoms with Crippen LogP contribution < -0.4 is 4.90 Å². The molecule has 0 bridgehead atoms. The summed E-state index contributed by atoms with van der Waals surface area (Å²) in [6.07, 6.45) is -0.117. The average Bonchev–Trinajstić information content (AvgIpc) is 2.85. The first kappa shape index (κ1) is 11.6. The standard InChI is InChI=1S/C9H9N3O4S/c1-2-16-8(15)7-10-11-9(17-7)12-4-5(13)3-6(12)14/h2-4H2,1H3. The number of carbonyl (C=O) groups is 3. The first-order chi connectivity index (χ1) is 8.11. The summed E-state index contributed by atoms with van der Waals surface area (Å²) < 4.78 is 4.75. The lowest BCUT2D eigenvalue weighted by Crippen LogP contribution is -2.24. The predicted octanol–water partition coefficient (Wildman–Crippen LogP) is 0.0206. The summed E-state index contributed by atoms with van der Waals surface area (Å²) in [6.45, 7) is 1.92. The SMILES string of the molecule is CCOC(=O)c1nnc(N2CC(=O)CC2=O)s1. The molecule has 1 saturated heterocycles. The van der Waals surface area contributed by atoms with E-state index in [4.69, 9.17) is 4.74 Å². The van der Waals surface area contributed by atoms with Gasteiger partial charge in [0.25, 0.3) is 0 Å². The van der Waals surface area contributed by atoms with E-state index in [0.717, 1.165) is 11.3 Å². The predicted molar refractivity (Wildman–Crippen MR) is 57.8 cm³/mol. The van der Waals surface area contributed by atoms with Crippen LogP contribution >= 0.6 is 11.3 Å². The average molecular weight is 255 g/mol. The molecule has 7 nitrogen and oxygen atoms in total. The fourth-order valence-electron chi connectivity index (χ4n) is 1.36. The Hall–Kier alpha value is -1.83. The van der Waals surface area contributed by atoms with E-state index in [1.807, 2.05) is 0 Å². The molecule has 0 N–H and O–H groups in total. The van der Waals surface area contributed by atoms with Gasteiger partial charge in [0.15, 0.2) is 5.78 Å². The molecule has 1 aromatic heterocycles. The molecule has 0 aromatic carbocycles. The van der Waals surface area contributed by atoms with Gasteiger partial charge < -0.3 is 4.74 Å². The Bertz CT molecular complexity index is 484. The zero-order valence-corrected chi connectivity index (χ0v) is 9.82. The highest BCUT2D eigenvalue weighted by Gasteiger charge is 2.31. The number of nitrogens with zero attached hydrogens (tertiary/aromatic N) is 3. The number of ketones is 1. The molecule has 1 amide bonds. The Kier molecular flexibility index (Phi) is 3.14. The van der Waals surface area contributed by atoms with E-state index in [1.54, 1.807) is 6.92 Å². The fourth-order valence-corrected chi connectivity index (χ4v) is 2.11. The van der Waals surface area contributed by atoms with Crippen molar-refractivity contribution in [3.63, 3.8) is 0 Å². The maximum Gasteiger partial charge on any atom is 0.369 e. The normalized spacial score (nSPS) is 15.5. The molecule has 2 heterocycles. The van der Waals surface area contributed by atoms with Crippen LogP contribution in [-0.2, 0) is 14.3 Å². The number of anilines is 1. The van der Waals surface area contributed by atoms with Crippen molar-refractivity contribution in [1.29, 1.82) is 0 Å². The quantitative estimate of drug-likeness (QED) is 0.558. The molecule has 1 aliphatic rings. The van der Waals surface area contributed by atoms with Gasteiger partial charge in [-0.1, -0.05) is 11.3 Å². The third-order valence-corrected chi connectivity index (χ3v) is 3.01. The van der Waals surface area contributed by atoms with Gasteiger partial charge in [0.1, 0.15) is 0 Å². The zero-order valence-electron chi connectivity index (χ0n) is 9.00. The van der Waals surface area contributed by atoms with Crippen LogP contribution in [0, 0.1) is 0 Å². The molecular formula is C9H9N3O4S. The van der Waals surface area contributed by atoms with Gasteiger partial charge in [-0.3, -0.25) is 14.5 Å². The molecule has 0 spiro atoms. The highest BCUT2D eigenvalue weighted by Crippen LogP contribution is 2.24. The Labute approximate surface area is 100 Å². The molecule has 2 rings (SSSR count). The number of hydrogen-bond donors (Lipinski definition) is 0. The molecule has 1 fully saturated rings. The van der Waals surface area contributed by atoms with Gasteiger partial charge in [0, 0.05) is 0 Å². The molecular weight excluding hydrogens is 246 g/mol. The van der Waals surface area contributed by atoms with E-state index in [1.165, 1.54) is 4.90 Å². The number of aromatic nitrogens is 2. The second-order valence-electron chi connectivity index (χ2n) is 3.31. The van der Waals surface area contributed by atoms with Gasteiger partial charge in [0.2, 0.25) is 16.0 Å². The lowest BCUT2D eigenvalue weighted by atomic mass is 10.3.